The lowest BCUT2D eigenvalue weighted by atomic mass is 10.1. The lowest BCUT2D eigenvalue weighted by Crippen LogP contribution is -2.35. The molecule has 1 aliphatic rings. The van der Waals surface area contributed by atoms with Crippen LogP contribution in [0.5, 0.6) is 0 Å². The second kappa shape index (κ2) is 7.48. The molecule has 0 aliphatic carbocycles. The van der Waals surface area contributed by atoms with E-state index in [4.69, 9.17) is 0 Å². The first-order valence-electron chi connectivity index (χ1n) is 6.62. The molecule has 0 atom stereocenters. The SMILES string of the molecule is C=C(C)CCCCCCN1CCCCC1=O. The Morgan fingerprint density at radius 3 is 2.69 bits per heavy atom. The molecule has 1 aliphatic heterocycles. The second-order valence-electron chi connectivity index (χ2n) is 4.96. The van der Waals surface area contributed by atoms with E-state index in [0.29, 0.717) is 5.91 Å². The van der Waals surface area contributed by atoms with Crippen molar-refractivity contribution in [2.24, 2.45) is 0 Å². The molecular weight excluding hydrogens is 198 g/mol. The first-order chi connectivity index (χ1) is 7.70. The van der Waals surface area contributed by atoms with E-state index in [1.54, 1.807) is 0 Å². The average molecular weight is 223 g/mol. The highest BCUT2D eigenvalue weighted by molar-refractivity contribution is 5.76. The number of hydrogen-bond donors (Lipinski definition) is 0. The quantitative estimate of drug-likeness (QED) is 0.477. The number of rotatable bonds is 7. The zero-order valence-corrected chi connectivity index (χ0v) is 10.6. The number of allylic oxidation sites excluding steroid dienone is 1. The van der Waals surface area contributed by atoms with Crippen LogP contribution in [-0.2, 0) is 4.79 Å². The second-order valence-corrected chi connectivity index (χ2v) is 4.96. The van der Waals surface area contributed by atoms with Crippen LogP contribution in [0.25, 0.3) is 0 Å². The molecule has 0 radical (unpaired) electrons. The normalized spacial score (nSPS) is 16.6. The van der Waals surface area contributed by atoms with Gasteiger partial charge < -0.3 is 4.90 Å². The highest BCUT2D eigenvalue weighted by Crippen LogP contribution is 2.13. The maximum atomic E-state index is 11.5. The van der Waals surface area contributed by atoms with Gasteiger partial charge >= 0.3 is 0 Å². The summed E-state index contributed by atoms with van der Waals surface area (Å²) >= 11 is 0. The van der Waals surface area contributed by atoms with Gasteiger partial charge in [-0.2, -0.15) is 0 Å². The average Bonchev–Trinajstić information content (AvgIpc) is 2.25. The number of amides is 1. The van der Waals surface area contributed by atoms with Crippen molar-refractivity contribution >= 4 is 5.91 Å². The Kier molecular flexibility index (Phi) is 6.20. The predicted octanol–water partition coefficient (Wildman–Crippen LogP) is 3.53. The van der Waals surface area contributed by atoms with Gasteiger partial charge in [-0.25, -0.2) is 0 Å². The molecule has 92 valence electrons. The van der Waals surface area contributed by atoms with Gasteiger partial charge in [0.15, 0.2) is 0 Å². The minimum absolute atomic E-state index is 0.369. The van der Waals surface area contributed by atoms with Crippen molar-refractivity contribution in [2.75, 3.05) is 13.1 Å². The minimum atomic E-state index is 0.369. The topological polar surface area (TPSA) is 20.3 Å². The lowest BCUT2D eigenvalue weighted by molar-refractivity contribution is -0.133. The van der Waals surface area contributed by atoms with E-state index < -0.39 is 0 Å². The summed E-state index contributed by atoms with van der Waals surface area (Å²) in [4.78, 5) is 13.6. The molecule has 0 spiro atoms. The monoisotopic (exact) mass is 223 g/mol. The molecule has 2 nitrogen and oxygen atoms in total. The van der Waals surface area contributed by atoms with Crippen LogP contribution in [-0.4, -0.2) is 23.9 Å². The van der Waals surface area contributed by atoms with Crippen LogP contribution in [0.4, 0.5) is 0 Å². The number of nitrogens with zero attached hydrogens (tertiary/aromatic N) is 1. The van der Waals surface area contributed by atoms with E-state index in [9.17, 15) is 4.79 Å². The van der Waals surface area contributed by atoms with Crippen LogP contribution in [0.1, 0.15) is 58.3 Å². The van der Waals surface area contributed by atoms with Gasteiger partial charge in [-0.15, -0.1) is 6.58 Å². The summed E-state index contributed by atoms with van der Waals surface area (Å²) in [6.07, 6.45) is 9.16. The Balaban J connectivity index is 1.98. The van der Waals surface area contributed by atoms with Crippen molar-refractivity contribution in [3.63, 3.8) is 0 Å². The molecule has 0 unspecified atom stereocenters. The van der Waals surface area contributed by atoms with Gasteiger partial charge in [0.1, 0.15) is 0 Å². The molecule has 2 heteroatoms. The highest BCUT2D eigenvalue weighted by atomic mass is 16.2. The van der Waals surface area contributed by atoms with E-state index in [2.05, 4.69) is 13.5 Å². The van der Waals surface area contributed by atoms with Gasteiger partial charge in [0.2, 0.25) is 5.91 Å². The first-order valence-corrected chi connectivity index (χ1v) is 6.62. The molecular formula is C14H25NO. The molecule has 1 saturated heterocycles. The Morgan fingerprint density at radius 1 is 1.25 bits per heavy atom. The number of likely N-dealkylation sites (tertiary alicyclic amines) is 1. The molecule has 0 aromatic carbocycles. The summed E-state index contributed by atoms with van der Waals surface area (Å²) in [6, 6.07) is 0. The number of carbonyl (C=O) groups excluding carboxylic acids is 1. The molecule has 1 amide bonds. The Bertz CT molecular complexity index is 235. The van der Waals surface area contributed by atoms with E-state index in [-0.39, 0.29) is 0 Å². The van der Waals surface area contributed by atoms with E-state index in [1.807, 2.05) is 4.90 Å². The van der Waals surface area contributed by atoms with Gasteiger partial charge in [-0.05, 0) is 39.0 Å². The van der Waals surface area contributed by atoms with Crippen molar-refractivity contribution in [1.82, 2.24) is 4.90 Å². The fourth-order valence-electron chi connectivity index (χ4n) is 2.18. The van der Waals surface area contributed by atoms with E-state index >= 15 is 0 Å². The standard InChI is InChI=1S/C14H25NO/c1-13(2)9-5-3-4-7-11-15-12-8-6-10-14(15)16/h1,3-12H2,2H3. The fraction of sp³-hybridized carbons (Fsp3) is 0.786. The Morgan fingerprint density at radius 2 is 2.00 bits per heavy atom. The van der Waals surface area contributed by atoms with Crippen molar-refractivity contribution in [3.05, 3.63) is 12.2 Å². The van der Waals surface area contributed by atoms with Crippen molar-refractivity contribution in [1.29, 1.82) is 0 Å². The van der Waals surface area contributed by atoms with Crippen molar-refractivity contribution < 1.29 is 4.79 Å². The lowest BCUT2D eigenvalue weighted by Gasteiger charge is -2.26. The zero-order chi connectivity index (χ0) is 11.8. The molecule has 0 aromatic rings. The van der Waals surface area contributed by atoms with Crippen LogP contribution in [0, 0.1) is 0 Å². The van der Waals surface area contributed by atoms with Crippen molar-refractivity contribution in [2.45, 2.75) is 58.3 Å². The Hall–Kier alpha value is -0.790. The summed E-state index contributed by atoms with van der Waals surface area (Å²) in [7, 11) is 0. The number of piperidine rings is 1. The third kappa shape index (κ3) is 5.34. The number of hydrogen-bond acceptors (Lipinski definition) is 1. The van der Waals surface area contributed by atoms with Crippen molar-refractivity contribution in [3.8, 4) is 0 Å². The van der Waals surface area contributed by atoms with Crippen LogP contribution in [0.3, 0.4) is 0 Å². The van der Waals surface area contributed by atoms with Crippen LogP contribution in [0.15, 0.2) is 12.2 Å². The number of unbranched alkanes of at least 4 members (excludes halogenated alkanes) is 3. The summed E-state index contributed by atoms with van der Waals surface area (Å²) in [5, 5.41) is 0. The minimum Gasteiger partial charge on any atom is -0.343 e. The smallest absolute Gasteiger partial charge is 0.222 e. The van der Waals surface area contributed by atoms with E-state index in [1.165, 1.54) is 37.7 Å². The summed E-state index contributed by atoms with van der Waals surface area (Å²) in [6.45, 7) is 7.96. The molecule has 1 fully saturated rings. The Labute approximate surface area is 99.7 Å². The molecule has 0 aromatic heterocycles. The molecule has 16 heavy (non-hydrogen) atoms. The summed E-state index contributed by atoms with van der Waals surface area (Å²) < 4.78 is 0. The van der Waals surface area contributed by atoms with Gasteiger partial charge in [-0.1, -0.05) is 18.4 Å². The molecule has 0 saturated carbocycles. The molecule has 1 heterocycles. The summed E-state index contributed by atoms with van der Waals surface area (Å²) in [5.74, 6) is 0.369. The fourth-order valence-corrected chi connectivity index (χ4v) is 2.18. The first kappa shape index (κ1) is 13.3. The molecule has 0 bridgehead atoms. The maximum absolute atomic E-state index is 11.5. The highest BCUT2D eigenvalue weighted by Gasteiger charge is 2.16. The van der Waals surface area contributed by atoms with Crippen LogP contribution < -0.4 is 0 Å². The van der Waals surface area contributed by atoms with Gasteiger partial charge in [0.05, 0.1) is 0 Å². The van der Waals surface area contributed by atoms with Crippen LogP contribution >= 0.6 is 0 Å². The molecule has 0 N–H and O–H groups in total. The predicted molar refractivity (Wildman–Crippen MR) is 68.3 cm³/mol. The third-order valence-corrected chi connectivity index (χ3v) is 3.20. The number of carbonyl (C=O) groups is 1. The van der Waals surface area contributed by atoms with E-state index in [0.717, 1.165) is 32.4 Å². The van der Waals surface area contributed by atoms with Crippen LogP contribution in [0.2, 0.25) is 0 Å². The van der Waals surface area contributed by atoms with Gasteiger partial charge in [-0.3, -0.25) is 4.79 Å². The molecule has 1 rings (SSSR count). The van der Waals surface area contributed by atoms with Gasteiger partial charge in [0.25, 0.3) is 0 Å². The maximum Gasteiger partial charge on any atom is 0.222 e. The zero-order valence-electron chi connectivity index (χ0n) is 10.6. The largest absolute Gasteiger partial charge is 0.343 e. The summed E-state index contributed by atoms with van der Waals surface area (Å²) in [5.41, 5.74) is 1.28. The van der Waals surface area contributed by atoms with Gasteiger partial charge in [0, 0.05) is 19.5 Å². The third-order valence-electron chi connectivity index (χ3n) is 3.20.